The summed E-state index contributed by atoms with van der Waals surface area (Å²) in [6, 6.07) is 1.22. The lowest BCUT2D eigenvalue weighted by atomic mass is 9.68. The third-order valence-electron chi connectivity index (χ3n) is 6.54. The second-order valence-electron chi connectivity index (χ2n) is 7.99. The third kappa shape index (κ3) is 1.76. The van der Waals surface area contributed by atoms with Gasteiger partial charge in [-0.15, -0.1) is 0 Å². The largest absolute Gasteiger partial charge is 0.396 e. The average molecular weight is 251 g/mol. The Morgan fingerprint density at radius 2 is 1.94 bits per heavy atom. The number of hydrogen-bond acceptors (Lipinski definition) is 2. The number of rotatable bonds is 3. The molecule has 2 bridgehead atoms. The van der Waals surface area contributed by atoms with E-state index in [0.717, 1.165) is 5.92 Å². The summed E-state index contributed by atoms with van der Waals surface area (Å²) >= 11 is 0. The molecule has 104 valence electrons. The van der Waals surface area contributed by atoms with E-state index >= 15 is 0 Å². The minimum atomic E-state index is 0.366. The number of hydrogen-bond donors (Lipinski definition) is 2. The van der Waals surface area contributed by atoms with Crippen molar-refractivity contribution in [3.8, 4) is 0 Å². The summed E-state index contributed by atoms with van der Waals surface area (Å²) in [5.41, 5.74) is 0.951. The van der Waals surface area contributed by atoms with Crippen LogP contribution < -0.4 is 5.32 Å². The maximum Gasteiger partial charge on any atom is 0.0474 e. The normalized spacial score (nSPS) is 50.0. The van der Waals surface area contributed by atoms with Crippen LogP contribution in [-0.4, -0.2) is 23.8 Å². The van der Waals surface area contributed by atoms with Crippen molar-refractivity contribution in [1.29, 1.82) is 0 Å². The van der Waals surface area contributed by atoms with Gasteiger partial charge in [-0.3, -0.25) is 0 Å². The highest BCUT2D eigenvalue weighted by atomic mass is 16.3. The Bertz CT molecular complexity index is 322. The van der Waals surface area contributed by atoms with Gasteiger partial charge in [0, 0.05) is 18.7 Å². The monoisotopic (exact) mass is 251 g/mol. The first-order valence-corrected chi connectivity index (χ1v) is 7.84. The number of aliphatic hydroxyl groups excluding tert-OH is 1. The molecule has 0 aliphatic heterocycles. The topological polar surface area (TPSA) is 32.3 Å². The molecular formula is C16H29NO. The molecule has 2 nitrogen and oxygen atoms in total. The summed E-state index contributed by atoms with van der Waals surface area (Å²) in [6.07, 6.45) is 8.00. The highest BCUT2D eigenvalue weighted by Crippen LogP contribution is 2.62. The van der Waals surface area contributed by atoms with Crippen LogP contribution in [0.3, 0.4) is 0 Å². The summed E-state index contributed by atoms with van der Waals surface area (Å²) in [7, 11) is 0. The second-order valence-corrected chi connectivity index (χ2v) is 7.99. The molecular weight excluding hydrogens is 222 g/mol. The minimum absolute atomic E-state index is 0.366. The predicted octanol–water partition coefficient (Wildman–Crippen LogP) is 2.95. The lowest BCUT2D eigenvalue weighted by Gasteiger charge is -2.45. The smallest absolute Gasteiger partial charge is 0.0474 e. The van der Waals surface area contributed by atoms with Crippen molar-refractivity contribution in [3.05, 3.63) is 0 Å². The standard InChI is InChI=1S/C16H29NO/c1-15(2)12-7-8-16(3,9-12)14(15)17-13-6-4-5-11(13)10-18/h11-14,17-18H,4-10H2,1-3H3. The number of aliphatic hydroxyl groups is 1. The zero-order valence-electron chi connectivity index (χ0n) is 12.2. The lowest BCUT2D eigenvalue weighted by Crippen LogP contribution is -2.54. The molecule has 3 aliphatic carbocycles. The molecule has 0 aromatic carbocycles. The van der Waals surface area contributed by atoms with Crippen LogP contribution in [-0.2, 0) is 0 Å². The molecule has 5 unspecified atom stereocenters. The van der Waals surface area contributed by atoms with Gasteiger partial charge in [0.1, 0.15) is 0 Å². The van der Waals surface area contributed by atoms with Crippen LogP contribution in [0, 0.1) is 22.7 Å². The molecule has 3 fully saturated rings. The SMILES string of the molecule is CC12CCC(C1)C(C)(C)C2NC1CCCC1CO. The summed E-state index contributed by atoms with van der Waals surface area (Å²) in [4.78, 5) is 0. The van der Waals surface area contributed by atoms with Gasteiger partial charge in [0.25, 0.3) is 0 Å². The Kier molecular flexibility index (Phi) is 3.02. The molecule has 2 heteroatoms. The fraction of sp³-hybridized carbons (Fsp3) is 1.00. The lowest BCUT2D eigenvalue weighted by molar-refractivity contribution is 0.0855. The van der Waals surface area contributed by atoms with Gasteiger partial charge in [0.15, 0.2) is 0 Å². The maximum atomic E-state index is 9.50. The molecule has 3 rings (SSSR count). The van der Waals surface area contributed by atoms with E-state index < -0.39 is 0 Å². The maximum absolute atomic E-state index is 9.50. The summed E-state index contributed by atoms with van der Waals surface area (Å²) in [5.74, 6) is 1.41. The molecule has 0 aromatic heterocycles. The summed E-state index contributed by atoms with van der Waals surface area (Å²) in [5, 5.41) is 13.5. The van der Waals surface area contributed by atoms with Crippen molar-refractivity contribution in [2.75, 3.05) is 6.61 Å². The molecule has 3 aliphatic rings. The molecule has 0 spiro atoms. The highest BCUT2D eigenvalue weighted by molar-refractivity contribution is 5.13. The van der Waals surface area contributed by atoms with Gasteiger partial charge in [-0.05, 0) is 54.8 Å². The van der Waals surface area contributed by atoms with Gasteiger partial charge in [0.05, 0.1) is 0 Å². The molecule has 0 saturated heterocycles. The average Bonchev–Trinajstić information content (AvgIpc) is 2.95. The number of fused-ring (bicyclic) bond motifs is 2. The molecule has 0 heterocycles. The second kappa shape index (κ2) is 4.21. The predicted molar refractivity (Wildman–Crippen MR) is 74.4 cm³/mol. The van der Waals surface area contributed by atoms with E-state index in [1.807, 2.05) is 0 Å². The third-order valence-corrected chi connectivity index (χ3v) is 6.54. The van der Waals surface area contributed by atoms with Gasteiger partial charge in [-0.2, -0.15) is 0 Å². The zero-order chi connectivity index (χ0) is 13.0. The molecule has 3 saturated carbocycles. The molecule has 18 heavy (non-hydrogen) atoms. The van der Waals surface area contributed by atoms with Crippen LogP contribution in [0.15, 0.2) is 0 Å². The fourth-order valence-electron chi connectivity index (χ4n) is 5.41. The van der Waals surface area contributed by atoms with Crippen LogP contribution in [0.2, 0.25) is 0 Å². The first-order chi connectivity index (χ1) is 8.47. The van der Waals surface area contributed by atoms with Crippen molar-refractivity contribution in [3.63, 3.8) is 0 Å². The quantitative estimate of drug-likeness (QED) is 0.808. The molecule has 0 aromatic rings. The first kappa shape index (κ1) is 12.9. The van der Waals surface area contributed by atoms with Gasteiger partial charge < -0.3 is 10.4 Å². The van der Waals surface area contributed by atoms with Crippen LogP contribution in [0.5, 0.6) is 0 Å². The van der Waals surface area contributed by atoms with Gasteiger partial charge in [0.2, 0.25) is 0 Å². The van der Waals surface area contributed by atoms with Gasteiger partial charge >= 0.3 is 0 Å². The van der Waals surface area contributed by atoms with Crippen molar-refractivity contribution in [2.24, 2.45) is 22.7 Å². The Balaban J connectivity index is 1.76. The van der Waals surface area contributed by atoms with Gasteiger partial charge in [-0.25, -0.2) is 0 Å². The molecule has 2 N–H and O–H groups in total. The van der Waals surface area contributed by atoms with Crippen LogP contribution in [0.4, 0.5) is 0 Å². The van der Waals surface area contributed by atoms with E-state index in [1.54, 1.807) is 0 Å². The van der Waals surface area contributed by atoms with E-state index in [0.29, 0.717) is 35.4 Å². The highest BCUT2D eigenvalue weighted by Gasteiger charge is 2.59. The van der Waals surface area contributed by atoms with Crippen molar-refractivity contribution in [1.82, 2.24) is 5.32 Å². The zero-order valence-corrected chi connectivity index (χ0v) is 12.2. The summed E-state index contributed by atoms with van der Waals surface area (Å²) < 4.78 is 0. The summed E-state index contributed by atoms with van der Waals surface area (Å²) in [6.45, 7) is 7.78. The van der Waals surface area contributed by atoms with E-state index in [9.17, 15) is 5.11 Å². The van der Waals surface area contributed by atoms with Crippen molar-refractivity contribution >= 4 is 0 Å². The molecule has 0 amide bonds. The minimum Gasteiger partial charge on any atom is -0.396 e. The Labute approximate surface area is 112 Å². The van der Waals surface area contributed by atoms with E-state index in [2.05, 4.69) is 26.1 Å². The fourth-order valence-corrected chi connectivity index (χ4v) is 5.41. The van der Waals surface area contributed by atoms with E-state index in [1.165, 1.54) is 38.5 Å². The Morgan fingerprint density at radius 1 is 1.17 bits per heavy atom. The number of nitrogens with one attached hydrogen (secondary N) is 1. The molecule has 5 atom stereocenters. The van der Waals surface area contributed by atoms with E-state index in [4.69, 9.17) is 0 Å². The Hall–Kier alpha value is -0.0800. The van der Waals surface area contributed by atoms with Gasteiger partial charge in [-0.1, -0.05) is 27.2 Å². The van der Waals surface area contributed by atoms with Crippen LogP contribution in [0.25, 0.3) is 0 Å². The van der Waals surface area contributed by atoms with Crippen LogP contribution in [0.1, 0.15) is 59.3 Å². The Morgan fingerprint density at radius 3 is 2.56 bits per heavy atom. The van der Waals surface area contributed by atoms with Crippen molar-refractivity contribution < 1.29 is 5.11 Å². The molecule has 0 radical (unpaired) electrons. The van der Waals surface area contributed by atoms with Crippen LogP contribution >= 0.6 is 0 Å². The first-order valence-electron chi connectivity index (χ1n) is 7.84. The van der Waals surface area contributed by atoms with E-state index in [-0.39, 0.29) is 0 Å². The van der Waals surface area contributed by atoms with Crippen molar-refractivity contribution in [2.45, 2.75) is 71.4 Å².